The number of hydrogen-bond acceptors (Lipinski definition) is 3. The normalized spacial score (nSPS) is 23.0. The highest BCUT2D eigenvalue weighted by Gasteiger charge is 2.36. The van der Waals surface area contributed by atoms with Crippen molar-refractivity contribution in [2.75, 3.05) is 6.61 Å². The molecule has 0 saturated heterocycles. The first-order chi connectivity index (χ1) is 17.1. The molecule has 0 aliphatic carbocycles. The van der Waals surface area contributed by atoms with Crippen LogP contribution in [0.2, 0.25) is 0 Å². The van der Waals surface area contributed by atoms with Gasteiger partial charge in [0.15, 0.2) is 6.29 Å². The standard InChI is InChI=1S/C33H56O3/c1-9-34-30-19-18-28-29-20-22-33(8,36-32(29)27(7)26(6)31(28)35-30)21-12-17-25(5)16-11-15-24(4)14-10-13-23(2)3/h23-25,30H,9-22H2,1-8H3/t24-,25-,30?,33?/m1/s1. The van der Waals surface area contributed by atoms with Gasteiger partial charge in [-0.15, -0.1) is 0 Å². The molecule has 4 atom stereocenters. The van der Waals surface area contributed by atoms with E-state index in [0.29, 0.717) is 6.61 Å². The van der Waals surface area contributed by atoms with Crippen molar-refractivity contribution in [3.63, 3.8) is 0 Å². The minimum absolute atomic E-state index is 0.0491. The van der Waals surface area contributed by atoms with Crippen molar-refractivity contribution in [3.8, 4) is 11.5 Å². The largest absolute Gasteiger partial charge is 0.487 e. The first kappa shape index (κ1) is 29.3. The van der Waals surface area contributed by atoms with Gasteiger partial charge in [-0.25, -0.2) is 0 Å². The van der Waals surface area contributed by atoms with Crippen LogP contribution in [0.15, 0.2) is 0 Å². The molecule has 1 aromatic carbocycles. The van der Waals surface area contributed by atoms with Crippen LogP contribution >= 0.6 is 0 Å². The average molecular weight is 501 g/mol. The van der Waals surface area contributed by atoms with E-state index in [1.54, 1.807) is 0 Å². The molecular formula is C33H56O3. The van der Waals surface area contributed by atoms with Crippen molar-refractivity contribution in [1.82, 2.24) is 0 Å². The molecule has 206 valence electrons. The lowest BCUT2D eigenvalue weighted by Gasteiger charge is -2.40. The first-order valence-electron chi connectivity index (χ1n) is 15.3. The van der Waals surface area contributed by atoms with Crippen molar-refractivity contribution in [3.05, 3.63) is 22.3 Å². The Kier molecular flexibility index (Phi) is 11.0. The maximum Gasteiger partial charge on any atom is 0.200 e. The number of hydrogen-bond donors (Lipinski definition) is 0. The van der Waals surface area contributed by atoms with Gasteiger partial charge in [-0.1, -0.05) is 72.6 Å². The minimum Gasteiger partial charge on any atom is -0.487 e. The molecule has 2 aliphatic rings. The monoisotopic (exact) mass is 500 g/mol. The van der Waals surface area contributed by atoms with Crippen molar-refractivity contribution in [2.45, 2.75) is 151 Å². The molecule has 0 bridgehead atoms. The summed E-state index contributed by atoms with van der Waals surface area (Å²) in [5, 5.41) is 0. The van der Waals surface area contributed by atoms with Crippen LogP contribution in [0.1, 0.15) is 134 Å². The highest BCUT2D eigenvalue weighted by molar-refractivity contribution is 5.60. The van der Waals surface area contributed by atoms with Crippen LogP contribution in [0.3, 0.4) is 0 Å². The third kappa shape index (κ3) is 7.89. The Hall–Kier alpha value is -1.22. The molecule has 0 spiro atoms. The zero-order valence-electron chi connectivity index (χ0n) is 24.9. The van der Waals surface area contributed by atoms with Gasteiger partial charge in [0.2, 0.25) is 0 Å². The van der Waals surface area contributed by atoms with Gasteiger partial charge >= 0.3 is 0 Å². The van der Waals surface area contributed by atoms with Crippen LogP contribution in [-0.2, 0) is 17.6 Å². The van der Waals surface area contributed by atoms with Gasteiger partial charge in [-0.2, -0.15) is 0 Å². The molecular weight excluding hydrogens is 444 g/mol. The van der Waals surface area contributed by atoms with Crippen LogP contribution < -0.4 is 9.47 Å². The van der Waals surface area contributed by atoms with E-state index in [9.17, 15) is 0 Å². The quantitative estimate of drug-likeness (QED) is 0.254. The Bertz CT molecular complexity index is 829. The molecule has 0 radical (unpaired) electrons. The Labute approximate surface area is 223 Å². The predicted octanol–water partition coefficient (Wildman–Crippen LogP) is 9.51. The van der Waals surface area contributed by atoms with E-state index in [1.165, 1.54) is 73.6 Å². The first-order valence-corrected chi connectivity index (χ1v) is 15.3. The fourth-order valence-electron chi connectivity index (χ4n) is 6.32. The number of rotatable bonds is 14. The molecule has 0 saturated carbocycles. The molecule has 2 aliphatic heterocycles. The summed E-state index contributed by atoms with van der Waals surface area (Å²) in [5.41, 5.74) is 5.20. The smallest absolute Gasteiger partial charge is 0.200 e. The second kappa shape index (κ2) is 13.5. The van der Waals surface area contributed by atoms with Crippen molar-refractivity contribution < 1.29 is 14.2 Å². The summed E-state index contributed by atoms with van der Waals surface area (Å²) in [6.45, 7) is 19.1. The molecule has 0 fully saturated rings. The van der Waals surface area contributed by atoms with Gasteiger partial charge in [0.25, 0.3) is 0 Å². The fraction of sp³-hybridized carbons (Fsp3) is 0.818. The second-order valence-electron chi connectivity index (χ2n) is 12.8. The van der Waals surface area contributed by atoms with E-state index < -0.39 is 0 Å². The molecule has 0 amide bonds. The predicted molar refractivity (Wildman–Crippen MR) is 152 cm³/mol. The third-order valence-corrected chi connectivity index (χ3v) is 8.92. The van der Waals surface area contributed by atoms with E-state index in [1.807, 2.05) is 6.92 Å². The lowest BCUT2D eigenvalue weighted by atomic mass is 9.82. The van der Waals surface area contributed by atoms with Gasteiger partial charge in [0.1, 0.15) is 17.1 Å². The van der Waals surface area contributed by atoms with E-state index in [0.717, 1.165) is 61.4 Å². The highest BCUT2D eigenvalue weighted by atomic mass is 16.7. The second-order valence-corrected chi connectivity index (χ2v) is 12.8. The summed E-state index contributed by atoms with van der Waals surface area (Å²) in [6, 6.07) is 0. The number of fused-ring (bicyclic) bond motifs is 3. The van der Waals surface area contributed by atoms with Gasteiger partial charge in [0, 0.05) is 24.2 Å². The summed E-state index contributed by atoms with van der Waals surface area (Å²) >= 11 is 0. The van der Waals surface area contributed by atoms with Crippen molar-refractivity contribution in [1.29, 1.82) is 0 Å². The summed E-state index contributed by atoms with van der Waals surface area (Å²) in [4.78, 5) is 0. The van der Waals surface area contributed by atoms with E-state index in [2.05, 4.69) is 48.5 Å². The van der Waals surface area contributed by atoms with Crippen LogP contribution in [0.4, 0.5) is 0 Å². The van der Waals surface area contributed by atoms with E-state index >= 15 is 0 Å². The lowest BCUT2D eigenvalue weighted by molar-refractivity contribution is -0.0869. The number of ether oxygens (including phenoxy) is 3. The van der Waals surface area contributed by atoms with Crippen molar-refractivity contribution in [2.24, 2.45) is 17.8 Å². The molecule has 0 aromatic heterocycles. The summed E-state index contributed by atoms with van der Waals surface area (Å²) in [6.07, 6.45) is 16.2. The van der Waals surface area contributed by atoms with Crippen LogP contribution in [0.5, 0.6) is 11.5 Å². The van der Waals surface area contributed by atoms with Crippen LogP contribution in [0.25, 0.3) is 0 Å². The molecule has 3 rings (SSSR count). The Morgan fingerprint density at radius 3 is 2.06 bits per heavy atom. The summed E-state index contributed by atoms with van der Waals surface area (Å²) < 4.78 is 18.9. The fourth-order valence-corrected chi connectivity index (χ4v) is 6.32. The van der Waals surface area contributed by atoms with Gasteiger partial charge in [-0.05, 0) is 88.7 Å². The molecule has 36 heavy (non-hydrogen) atoms. The summed E-state index contributed by atoms with van der Waals surface area (Å²) in [5.74, 6) is 4.77. The summed E-state index contributed by atoms with van der Waals surface area (Å²) in [7, 11) is 0. The Morgan fingerprint density at radius 2 is 1.42 bits per heavy atom. The lowest BCUT2D eigenvalue weighted by Crippen LogP contribution is -2.38. The Morgan fingerprint density at radius 1 is 0.833 bits per heavy atom. The highest BCUT2D eigenvalue weighted by Crippen LogP contribution is 2.47. The average Bonchev–Trinajstić information content (AvgIpc) is 2.82. The minimum atomic E-state index is -0.108. The topological polar surface area (TPSA) is 27.7 Å². The molecule has 3 heteroatoms. The number of benzene rings is 1. The molecule has 2 unspecified atom stereocenters. The van der Waals surface area contributed by atoms with Gasteiger partial charge in [0.05, 0.1) is 0 Å². The zero-order valence-corrected chi connectivity index (χ0v) is 24.9. The maximum atomic E-state index is 6.83. The molecule has 1 aromatic rings. The maximum absolute atomic E-state index is 6.83. The van der Waals surface area contributed by atoms with E-state index in [4.69, 9.17) is 14.2 Å². The zero-order chi connectivity index (χ0) is 26.3. The SMILES string of the molecule is CCOC1CCc2c3c(c(C)c(C)c2O1)OC(C)(CCC[C@H](C)CCC[C@H](C)CCCC(C)C)CC3. The van der Waals surface area contributed by atoms with Gasteiger partial charge < -0.3 is 14.2 Å². The van der Waals surface area contributed by atoms with Crippen LogP contribution in [0, 0.1) is 31.6 Å². The molecule has 3 nitrogen and oxygen atoms in total. The Balaban J connectivity index is 1.47. The third-order valence-electron chi connectivity index (χ3n) is 8.92. The van der Waals surface area contributed by atoms with E-state index in [-0.39, 0.29) is 11.9 Å². The van der Waals surface area contributed by atoms with Crippen molar-refractivity contribution >= 4 is 0 Å². The molecule has 0 N–H and O–H groups in total. The van der Waals surface area contributed by atoms with Crippen LogP contribution in [-0.4, -0.2) is 18.5 Å². The van der Waals surface area contributed by atoms with Gasteiger partial charge in [-0.3, -0.25) is 0 Å². The molecule has 2 heterocycles.